The van der Waals surface area contributed by atoms with Crippen LogP contribution < -0.4 is 10.6 Å². The summed E-state index contributed by atoms with van der Waals surface area (Å²) in [6, 6.07) is 7.65. The molecule has 0 bridgehead atoms. The maximum atomic E-state index is 12.5. The van der Waals surface area contributed by atoms with Crippen LogP contribution in [0.2, 0.25) is 0 Å². The number of hydrogen-bond donors (Lipinski definition) is 2. The average molecular weight is 360 g/mol. The fourth-order valence-corrected chi connectivity index (χ4v) is 3.50. The van der Waals surface area contributed by atoms with Crippen LogP contribution in [-0.4, -0.2) is 48.1 Å². The van der Waals surface area contributed by atoms with Crippen molar-refractivity contribution in [2.24, 2.45) is 0 Å². The largest absolute Gasteiger partial charge is 0.375 e. The van der Waals surface area contributed by atoms with Gasteiger partial charge in [0.05, 0.1) is 23.9 Å². The molecule has 1 fully saturated rings. The Labute approximate surface area is 152 Å². The first-order valence-corrected chi connectivity index (χ1v) is 9.36. The van der Waals surface area contributed by atoms with Crippen LogP contribution in [0, 0.1) is 0 Å². The Morgan fingerprint density at radius 3 is 3.12 bits per heavy atom. The van der Waals surface area contributed by atoms with Crippen molar-refractivity contribution >= 4 is 22.9 Å². The van der Waals surface area contributed by atoms with E-state index in [4.69, 9.17) is 4.74 Å². The Kier molecular flexibility index (Phi) is 6.14. The SMILES string of the molecule is C[C@H]1OCCN[C@@H]1C(=O)Nc1cccc(CN(C)Cc2cscn2)c1. The van der Waals surface area contributed by atoms with Crippen LogP contribution in [-0.2, 0) is 22.6 Å². The summed E-state index contributed by atoms with van der Waals surface area (Å²) in [6.45, 7) is 4.86. The van der Waals surface area contributed by atoms with Crippen molar-refractivity contribution in [3.63, 3.8) is 0 Å². The Morgan fingerprint density at radius 2 is 2.36 bits per heavy atom. The standard InChI is InChI=1S/C18H24N4O2S/c1-13-17(19-6-7-24-13)18(23)21-15-5-3-4-14(8-15)9-22(2)10-16-11-25-12-20-16/h3-5,8,11-13,17,19H,6-7,9-10H2,1-2H3,(H,21,23)/t13-,17+/m1/s1. The summed E-state index contributed by atoms with van der Waals surface area (Å²) in [7, 11) is 2.07. The second-order valence-corrected chi connectivity index (χ2v) is 7.07. The molecule has 1 aromatic carbocycles. The van der Waals surface area contributed by atoms with Crippen LogP contribution in [0.5, 0.6) is 0 Å². The lowest BCUT2D eigenvalue weighted by atomic mass is 10.1. The summed E-state index contributed by atoms with van der Waals surface area (Å²) >= 11 is 1.61. The van der Waals surface area contributed by atoms with Gasteiger partial charge in [0.2, 0.25) is 5.91 Å². The maximum Gasteiger partial charge on any atom is 0.244 e. The van der Waals surface area contributed by atoms with Crippen molar-refractivity contribution < 1.29 is 9.53 Å². The van der Waals surface area contributed by atoms with Crippen molar-refractivity contribution in [1.29, 1.82) is 0 Å². The van der Waals surface area contributed by atoms with E-state index >= 15 is 0 Å². The van der Waals surface area contributed by atoms with Gasteiger partial charge in [0, 0.05) is 30.7 Å². The first-order chi connectivity index (χ1) is 12.1. The number of rotatable bonds is 6. The number of aromatic nitrogens is 1. The monoisotopic (exact) mass is 360 g/mol. The van der Waals surface area contributed by atoms with Crippen molar-refractivity contribution in [1.82, 2.24) is 15.2 Å². The van der Waals surface area contributed by atoms with Gasteiger partial charge in [0.25, 0.3) is 0 Å². The molecule has 1 amide bonds. The summed E-state index contributed by atoms with van der Waals surface area (Å²) in [5.41, 5.74) is 4.89. The topological polar surface area (TPSA) is 66.5 Å². The van der Waals surface area contributed by atoms with Crippen LogP contribution in [0.25, 0.3) is 0 Å². The first-order valence-electron chi connectivity index (χ1n) is 8.42. The van der Waals surface area contributed by atoms with Crippen molar-refractivity contribution in [3.05, 3.63) is 46.4 Å². The lowest BCUT2D eigenvalue weighted by molar-refractivity contribution is -0.123. The molecule has 0 radical (unpaired) electrons. The zero-order valence-corrected chi connectivity index (χ0v) is 15.4. The molecule has 134 valence electrons. The second kappa shape index (κ2) is 8.53. The van der Waals surface area contributed by atoms with Gasteiger partial charge < -0.3 is 15.4 Å². The molecule has 1 aliphatic rings. The minimum absolute atomic E-state index is 0.0554. The van der Waals surface area contributed by atoms with Gasteiger partial charge in [-0.05, 0) is 31.7 Å². The van der Waals surface area contributed by atoms with Crippen LogP contribution in [0.3, 0.4) is 0 Å². The highest BCUT2D eigenvalue weighted by atomic mass is 32.1. The third kappa shape index (κ3) is 5.09. The van der Waals surface area contributed by atoms with E-state index in [2.05, 4.69) is 39.0 Å². The van der Waals surface area contributed by atoms with E-state index < -0.39 is 0 Å². The van der Waals surface area contributed by atoms with E-state index in [1.165, 1.54) is 0 Å². The van der Waals surface area contributed by atoms with Crippen LogP contribution in [0.4, 0.5) is 5.69 Å². The molecule has 7 heteroatoms. The molecule has 0 unspecified atom stereocenters. The summed E-state index contributed by atoms with van der Waals surface area (Å²) in [6.07, 6.45) is -0.124. The van der Waals surface area contributed by atoms with E-state index in [1.807, 2.05) is 30.6 Å². The average Bonchev–Trinajstić information content (AvgIpc) is 3.08. The van der Waals surface area contributed by atoms with Crippen molar-refractivity contribution in [3.8, 4) is 0 Å². The minimum Gasteiger partial charge on any atom is -0.375 e. The van der Waals surface area contributed by atoms with E-state index in [1.54, 1.807) is 11.3 Å². The second-order valence-electron chi connectivity index (χ2n) is 6.35. The number of anilines is 1. The number of carbonyl (C=O) groups is 1. The third-order valence-corrected chi connectivity index (χ3v) is 4.80. The van der Waals surface area contributed by atoms with Gasteiger partial charge in [-0.2, -0.15) is 0 Å². The molecule has 25 heavy (non-hydrogen) atoms. The Hall–Kier alpha value is -1.80. The molecule has 1 aliphatic heterocycles. The number of amides is 1. The summed E-state index contributed by atoms with van der Waals surface area (Å²) in [5.74, 6) is -0.0554. The van der Waals surface area contributed by atoms with E-state index in [0.717, 1.165) is 30.0 Å². The highest BCUT2D eigenvalue weighted by Gasteiger charge is 2.28. The third-order valence-electron chi connectivity index (χ3n) is 4.16. The summed E-state index contributed by atoms with van der Waals surface area (Å²) in [5, 5.41) is 8.26. The molecule has 3 rings (SSSR count). The van der Waals surface area contributed by atoms with Crippen LogP contribution in [0.1, 0.15) is 18.2 Å². The van der Waals surface area contributed by atoms with E-state index in [9.17, 15) is 4.79 Å². The Balaban J connectivity index is 1.58. The van der Waals surface area contributed by atoms with Crippen molar-refractivity contribution in [2.75, 3.05) is 25.5 Å². The quantitative estimate of drug-likeness (QED) is 0.826. The number of hydrogen-bond acceptors (Lipinski definition) is 6. The molecule has 2 atom stereocenters. The Morgan fingerprint density at radius 1 is 1.48 bits per heavy atom. The molecule has 2 aromatic rings. The number of carbonyl (C=O) groups excluding carboxylic acids is 1. The molecule has 0 aliphatic carbocycles. The highest BCUT2D eigenvalue weighted by Crippen LogP contribution is 2.15. The lowest BCUT2D eigenvalue weighted by Gasteiger charge is -2.29. The predicted molar refractivity (Wildman–Crippen MR) is 99.6 cm³/mol. The lowest BCUT2D eigenvalue weighted by Crippen LogP contribution is -2.53. The molecule has 0 spiro atoms. The Bertz CT molecular complexity index is 692. The van der Waals surface area contributed by atoms with Gasteiger partial charge in [0.1, 0.15) is 6.04 Å². The highest BCUT2D eigenvalue weighted by molar-refractivity contribution is 7.07. The molecular weight excluding hydrogens is 336 g/mol. The van der Waals surface area contributed by atoms with E-state index in [-0.39, 0.29) is 18.1 Å². The predicted octanol–water partition coefficient (Wildman–Crippen LogP) is 2.09. The van der Waals surface area contributed by atoms with Crippen molar-refractivity contribution in [2.45, 2.75) is 32.2 Å². The molecule has 0 saturated carbocycles. The van der Waals surface area contributed by atoms with Gasteiger partial charge >= 0.3 is 0 Å². The zero-order chi connectivity index (χ0) is 17.6. The minimum atomic E-state index is -0.315. The number of nitrogens with one attached hydrogen (secondary N) is 2. The number of morpholine rings is 1. The number of nitrogens with zero attached hydrogens (tertiary/aromatic N) is 2. The fourth-order valence-electron chi connectivity index (χ4n) is 2.95. The summed E-state index contributed by atoms with van der Waals surface area (Å²) < 4.78 is 5.54. The normalized spacial score (nSPS) is 20.6. The maximum absolute atomic E-state index is 12.5. The molecular formula is C18H24N4O2S. The molecule has 2 N–H and O–H groups in total. The number of benzene rings is 1. The van der Waals surface area contributed by atoms with E-state index in [0.29, 0.717) is 13.2 Å². The number of ether oxygens (including phenoxy) is 1. The molecule has 1 aromatic heterocycles. The zero-order valence-electron chi connectivity index (χ0n) is 14.6. The fraction of sp³-hybridized carbons (Fsp3) is 0.444. The van der Waals surface area contributed by atoms with Gasteiger partial charge in [-0.3, -0.25) is 9.69 Å². The summed E-state index contributed by atoms with van der Waals surface area (Å²) in [4.78, 5) is 19.0. The van der Waals surface area contributed by atoms with Gasteiger partial charge in [-0.15, -0.1) is 11.3 Å². The smallest absolute Gasteiger partial charge is 0.244 e. The first kappa shape index (κ1) is 18.0. The number of thiazole rings is 1. The van der Waals surface area contributed by atoms with Crippen LogP contribution >= 0.6 is 11.3 Å². The van der Waals surface area contributed by atoms with Gasteiger partial charge in [-0.1, -0.05) is 12.1 Å². The molecule has 2 heterocycles. The van der Waals surface area contributed by atoms with Gasteiger partial charge in [-0.25, -0.2) is 4.98 Å². The van der Waals surface area contributed by atoms with Gasteiger partial charge in [0.15, 0.2) is 0 Å². The molecule has 1 saturated heterocycles. The van der Waals surface area contributed by atoms with Crippen LogP contribution in [0.15, 0.2) is 35.2 Å². The molecule has 6 nitrogen and oxygen atoms in total.